The number of carbonyl (C=O) groups excluding carboxylic acids is 3. The Labute approximate surface area is 198 Å². The molecule has 6 nitrogen and oxygen atoms in total. The Morgan fingerprint density at radius 1 is 0.909 bits per heavy atom. The maximum absolute atomic E-state index is 12.9. The van der Waals surface area contributed by atoms with E-state index in [1.807, 2.05) is 18.2 Å². The number of hydrogen-bond donors (Lipinski definition) is 2. The summed E-state index contributed by atoms with van der Waals surface area (Å²) in [5.74, 6) is -0.739. The van der Waals surface area contributed by atoms with Gasteiger partial charge in [-0.1, -0.05) is 83.6 Å². The molecule has 2 aliphatic rings. The van der Waals surface area contributed by atoms with Crippen LogP contribution in [0.2, 0.25) is 0 Å². The van der Waals surface area contributed by atoms with Crippen LogP contribution in [-0.2, 0) is 16.1 Å². The van der Waals surface area contributed by atoms with Crippen LogP contribution >= 0.6 is 0 Å². The predicted octanol–water partition coefficient (Wildman–Crippen LogP) is 5.56. The van der Waals surface area contributed by atoms with Crippen LogP contribution < -0.4 is 10.6 Å². The molecule has 0 spiro atoms. The van der Waals surface area contributed by atoms with E-state index in [0.29, 0.717) is 18.5 Å². The van der Waals surface area contributed by atoms with Gasteiger partial charge in [0, 0.05) is 36.3 Å². The van der Waals surface area contributed by atoms with Crippen LogP contribution in [0.25, 0.3) is 0 Å². The highest BCUT2D eigenvalue weighted by Gasteiger charge is 2.39. The molecule has 2 aliphatic heterocycles. The summed E-state index contributed by atoms with van der Waals surface area (Å²) in [5.41, 5.74) is 2.62. The average Bonchev–Trinajstić information content (AvgIpc) is 3.14. The summed E-state index contributed by atoms with van der Waals surface area (Å²) in [6.45, 7) is 3.57. The largest absolute Gasteiger partial charge is 0.385 e. The third-order valence-electron chi connectivity index (χ3n) is 6.93. The minimum Gasteiger partial charge on any atom is -0.385 e. The van der Waals surface area contributed by atoms with E-state index in [0.717, 1.165) is 24.2 Å². The van der Waals surface area contributed by atoms with Crippen LogP contribution in [0.3, 0.4) is 0 Å². The van der Waals surface area contributed by atoms with Gasteiger partial charge in [-0.15, -0.1) is 0 Å². The Morgan fingerprint density at radius 3 is 2.18 bits per heavy atom. The lowest BCUT2D eigenvalue weighted by atomic mass is 10.0. The molecule has 0 radical (unpaired) electrons. The molecule has 33 heavy (non-hydrogen) atoms. The van der Waals surface area contributed by atoms with Gasteiger partial charge in [-0.25, -0.2) is 0 Å². The highest BCUT2D eigenvalue weighted by molar-refractivity contribution is 6.06. The molecule has 1 unspecified atom stereocenters. The van der Waals surface area contributed by atoms with Crippen molar-refractivity contribution in [3.05, 3.63) is 29.3 Å². The number of rotatable bonds is 15. The molecule has 1 atom stereocenters. The molecule has 1 aromatic carbocycles. The SMILES string of the molecule is CCCCCCCCCCCCCCNc1cccc2c1CN(C1CCC(=O)NC1=O)C2=O. The fourth-order valence-electron chi connectivity index (χ4n) is 4.94. The van der Waals surface area contributed by atoms with E-state index in [9.17, 15) is 14.4 Å². The van der Waals surface area contributed by atoms with Gasteiger partial charge >= 0.3 is 0 Å². The molecule has 6 heteroatoms. The van der Waals surface area contributed by atoms with Gasteiger partial charge < -0.3 is 10.2 Å². The van der Waals surface area contributed by atoms with E-state index in [4.69, 9.17) is 0 Å². The molecule has 3 rings (SSSR count). The van der Waals surface area contributed by atoms with E-state index >= 15 is 0 Å². The molecule has 3 amide bonds. The Balaban J connectivity index is 1.33. The first-order valence-corrected chi connectivity index (χ1v) is 13.1. The number of amides is 3. The zero-order chi connectivity index (χ0) is 23.5. The van der Waals surface area contributed by atoms with Crippen LogP contribution in [-0.4, -0.2) is 35.2 Å². The summed E-state index contributed by atoms with van der Waals surface area (Å²) in [6.07, 6.45) is 16.6. The Hall–Kier alpha value is -2.37. The molecule has 1 saturated heterocycles. The van der Waals surface area contributed by atoms with E-state index < -0.39 is 6.04 Å². The van der Waals surface area contributed by atoms with Gasteiger partial charge in [-0.2, -0.15) is 0 Å². The summed E-state index contributed by atoms with van der Waals surface area (Å²) in [4.78, 5) is 38.2. The number of nitrogens with one attached hydrogen (secondary N) is 2. The van der Waals surface area contributed by atoms with Gasteiger partial charge in [-0.05, 0) is 25.0 Å². The van der Waals surface area contributed by atoms with Crippen molar-refractivity contribution in [2.24, 2.45) is 0 Å². The molecule has 0 aromatic heterocycles. The van der Waals surface area contributed by atoms with Gasteiger partial charge in [0.25, 0.3) is 5.91 Å². The Morgan fingerprint density at radius 2 is 1.55 bits per heavy atom. The van der Waals surface area contributed by atoms with Gasteiger partial charge in [-0.3, -0.25) is 19.7 Å². The van der Waals surface area contributed by atoms with Gasteiger partial charge in [0.1, 0.15) is 6.04 Å². The molecule has 1 aromatic rings. The lowest BCUT2D eigenvalue weighted by Gasteiger charge is -2.29. The normalized spacial score (nSPS) is 17.9. The third kappa shape index (κ3) is 7.31. The Kier molecular flexibility index (Phi) is 10.2. The average molecular weight is 456 g/mol. The highest BCUT2D eigenvalue weighted by atomic mass is 16.2. The number of fused-ring (bicyclic) bond motifs is 1. The van der Waals surface area contributed by atoms with Crippen molar-refractivity contribution in [3.8, 4) is 0 Å². The van der Waals surface area contributed by atoms with Crippen molar-refractivity contribution in [1.82, 2.24) is 10.2 Å². The molecule has 0 bridgehead atoms. The molecular weight excluding hydrogens is 414 g/mol. The van der Waals surface area contributed by atoms with Crippen molar-refractivity contribution in [3.63, 3.8) is 0 Å². The summed E-state index contributed by atoms with van der Waals surface area (Å²) < 4.78 is 0. The van der Waals surface area contributed by atoms with Crippen molar-refractivity contribution in [2.45, 2.75) is 109 Å². The molecule has 182 valence electrons. The molecule has 0 aliphatic carbocycles. The highest BCUT2D eigenvalue weighted by Crippen LogP contribution is 2.32. The summed E-state index contributed by atoms with van der Waals surface area (Å²) in [6, 6.07) is 5.18. The fraction of sp³-hybridized carbons (Fsp3) is 0.667. The summed E-state index contributed by atoms with van der Waals surface area (Å²) in [5, 5.41) is 5.87. The van der Waals surface area contributed by atoms with Crippen LogP contribution in [0.5, 0.6) is 0 Å². The quantitative estimate of drug-likeness (QED) is 0.268. The van der Waals surface area contributed by atoms with E-state index in [2.05, 4.69) is 17.6 Å². The zero-order valence-corrected chi connectivity index (χ0v) is 20.3. The van der Waals surface area contributed by atoms with E-state index in [1.165, 1.54) is 70.6 Å². The monoisotopic (exact) mass is 455 g/mol. The molecule has 2 N–H and O–H groups in total. The minimum atomic E-state index is -0.563. The first-order chi connectivity index (χ1) is 16.1. The van der Waals surface area contributed by atoms with Crippen LogP contribution in [0.1, 0.15) is 113 Å². The number of imide groups is 1. The second-order valence-electron chi connectivity index (χ2n) is 9.55. The minimum absolute atomic E-state index is 0.117. The maximum Gasteiger partial charge on any atom is 0.255 e. The molecule has 0 saturated carbocycles. The topological polar surface area (TPSA) is 78.5 Å². The van der Waals surface area contributed by atoms with Crippen molar-refractivity contribution in [1.29, 1.82) is 0 Å². The fourth-order valence-corrected chi connectivity index (χ4v) is 4.94. The maximum atomic E-state index is 12.9. The second kappa shape index (κ2) is 13.4. The molecule has 1 fully saturated rings. The van der Waals surface area contributed by atoms with Crippen molar-refractivity contribution < 1.29 is 14.4 Å². The lowest BCUT2D eigenvalue weighted by Crippen LogP contribution is -2.52. The number of nitrogens with zero attached hydrogens (tertiary/aromatic N) is 1. The first kappa shape index (κ1) is 25.3. The standard InChI is InChI=1S/C27H41N3O3/c1-2-3-4-5-6-7-8-9-10-11-12-13-19-28-23-16-14-15-21-22(23)20-30(27(21)33)24-17-18-25(31)29-26(24)32/h14-16,24,28H,2-13,17-20H2,1H3,(H,29,31,32). The third-order valence-corrected chi connectivity index (χ3v) is 6.93. The van der Waals surface area contributed by atoms with E-state index in [-0.39, 0.29) is 24.1 Å². The molecule has 2 heterocycles. The second-order valence-corrected chi connectivity index (χ2v) is 9.55. The number of hydrogen-bond acceptors (Lipinski definition) is 4. The number of anilines is 1. The molecular formula is C27H41N3O3. The predicted molar refractivity (Wildman–Crippen MR) is 132 cm³/mol. The smallest absolute Gasteiger partial charge is 0.255 e. The number of piperidine rings is 1. The summed E-state index contributed by atoms with van der Waals surface area (Å²) >= 11 is 0. The summed E-state index contributed by atoms with van der Waals surface area (Å²) in [7, 11) is 0. The number of unbranched alkanes of at least 4 members (excludes halogenated alkanes) is 11. The number of carbonyl (C=O) groups is 3. The van der Waals surface area contributed by atoms with Gasteiger partial charge in [0.2, 0.25) is 11.8 Å². The van der Waals surface area contributed by atoms with Crippen LogP contribution in [0, 0.1) is 0 Å². The van der Waals surface area contributed by atoms with Crippen molar-refractivity contribution >= 4 is 23.4 Å². The van der Waals surface area contributed by atoms with Crippen LogP contribution in [0.15, 0.2) is 18.2 Å². The number of benzene rings is 1. The lowest BCUT2D eigenvalue weighted by molar-refractivity contribution is -0.136. The van der Waals surface area contributed by atoms with Crippen LogP contribution in [0.4, 0.5) is 5.69 Å². The zero-order valence-electron chi connectivity index (χ0n) is 20.3. The van der Waals surface area contributed by atoms with E-state index in [1.54, 1.807) is 4.90 Å². The Bertz CT molecular complexity index is 808. The van der Waals surface area contributed by atoms with Gasteiger partial charge in [0.05, 0.1) is 0 Å². The first-order valence-electron chi connectivity index (χ1n) is 13.1. The van der Waals surface area contributed by atoms with Crippen molar-refractivity contribution in [2.75, 3.05) is 11.9 Å². The van der Waals surface area contributed by atoms with Gasteiger partial charge in [0.15, 0.2) is 0 Å².